The Morgan fingerprint density at radius 2 is 1.44 bits per heavy atom. The number of hydrogen-bond acceptors (Lipinski definition) is 8. The molecule has 36 heavy (non-hydrogen) atoms. The molecule has 0 saturated carbocycles. The first-order valence-corrected chi connectivity index (χ1v) is 11.1. The zero-order chi connectivity index (χ0) is 27.4. The minimum atomic E-state index is -1.42. The molecule has 4 unspecified atom stereocenters. The average molecular weight is 513 g/mol. The summed E-state index contributed by atoms with van der Waals surface area (Å²) in [5.41, 5.74) is 6.15. The van der Waals surface area contributed by atoms with E-state index in [9.17, 15) is 33.9 Å². The maximum absolute atomic E-state index is 13.1. The van der Waals surface area contributed by atoms with E-state index < -0.39 is 72.1 Å². The van der Waals surface area contributed by atoms with Crippen LogP contribution in [-0.4, -0.2) is 85.1 Å². The molecule has 3 amide bonds. The average Bonchev–Trinajstić information content (AvgIpc) is 3.30. The lowest BCUT2D eigenvalue weighted by Crippen LogP contribution is -2.58. The van der Waals surface area contributed by atoms with E-state index in [1.54, 1.807) is 13.8 Å². The van der Waals surface area contributed by atoms with Crippen molar-refractivity contribution < 1.29 is 44.1 Å². The quantitative estimate of drug-likeness (QED) is 0.123. The van der Waals surface area contributed by atoms with E-state index in [1.807, 2.05) is 0 Å². The van der Waals surface area contributed by atoms with Gasteiger partial charge in [0.2, 0.25) is 17.7 Å². The molecule has 0 fully saturated rings. The van der Waals surface area contributed by atoms with Gasteiger partial charge in [-0.1, -0.05) is 13.8 Å². The summed E-state index contributed by atoms with van der Waals surface area (Å²) in [7, 11) is 0. The molecule has 0 spiro atoms. The number of amides is 3. The summed E-state index contributed by atoms with van der Waals surface area (Å²) in [5, 5.41) is 34.2. The summed E-state index contributed by atoms with van der Waals surface area (Å²) in [6, 6.07) is -5.23. The molecule has 0 saturated heterocycles. The SMILES string of the molecule is CC(C)C(NC(=O)C(CCC(=O)O)NC(=O)C(Cc1cnc[nH]1)NC(=O)C(N)CCC(=O)O)C(=O)O. The summed E-state index contributed by atoms with van der Waals surface area (Å²) in [6.45, 7) is 3.13. The van der Waals surface area contributed by atoms with E-state index in [4.69, 9.17) is 15.9 Å². The van der Waals surface area contributed by atoms with Crippen molar-refractivity contribution >= 4 is 35.6 Å². The maximum atomic E-state index is 13.1. The molecule has 1 aromatic rings. The molecular formula is C21H32N6O9. The number of aromatic nitrogens is 2. The number of nitrogens with two attached hydrogens (primary N) is 1. The summed E-state index contributed by atoms with van der Waals surface area (Å²) in [5.74, 6) is -6.79. The number of carbonyl (C=O) groups excluding carboxylic acids is 3. The van der Waals surface area contributed by atoms with Gasteiger partial charge < -0.3 is 42.0 Å². The number of H-pyrrole nitrogens is 1. The number of rotatable bonds is 16. The van der Waals surface area contributed by atoms with Crippen LogP contribution in [0.1, 0.15) is 45.2 Å². The van der Waals surface area contributed by atoms with Gasteiger partial charge in [0.15, 0.2) is 0 Å². The minimum absolute atomic E-state index is 0.111. The Morgan fingerprint density at radius 1 is 0.889 bits per heavy atom. The third kappa shape index (κ3) is 10.5. The number of imidazole rings is 1. The van der Waals surface area contributed by atoms with Crippen LogP contribution in [-0.2, 0) is 35.2 Å². The van der Waals surface area contributed by atoms with Crippen LogP contribution >= 0.6 is 0 Å². The summed E-state index contributed by atoms with van der Waals surface area (Å²) >= 11 is 0. The topological polar surface area (TPSA) is 254 Å². The van der Waals surface area contributed by atoms with Gasteiger partial charge in [0.1, 0.15) is 18.1 Å². The maximum Gasteiger partial charge on any atom is 0.326 e. The fraction of sp³-hybridized carbons (Fsp3) is 0.571. The first-order chi connectivity index (χ1) is 16.8. The normalized spacial score (nSPS) is 14.2. The van der Waals surface area contributed by atoms with Gasteiger partial charge in [-0.15, -0.1) is 0 Å². The highest BCUT2D eigenvalue weighted by atomic mass is 16.4. The number of carboxylic acid groups (broad SMARTS) is 3. The lowest BCUT2D eigenvalue weighted by Gasteiger charge is -2.25. The molecule has 0 aliphatic heterocycles. The number of carboxylic acids is 3. The molecule has 4 atom stereocenters. The summed E-state index contributed by atoms with van der Waals surface area (Å²) in [6.07, 6.45) is 1.21. The van der Waals surface area contributed by atoms with Crippen molar-refractivity contribution in [3.8, 4) is 0 Å². The number of nitrogens with one attached hydrogen (secondary N) is 4. The van der Waals surface area contributed by atoms with Gasteiger partial charge in [0, 0.05) is 31.2 Å². The highest BCUT2D eigenvalue weighted by molar-refractivity contribution is 5.94. The third-order valence-corrected chi connectivity index (χ3v) is 5.13. The monoisotopic (exact) mass is 512 g/mol. The molecule has 1 rings (SSSR count). The Hall–Kier alpha value is -4.01. The second-order valence-corrected chi connectivity index (χ2v) is 8.44. The van der Waals surface area contributed by atoms with Gasteiger partial charge in [-0.3, -0.25) is 24.0 Å². The number of aromatic amines is 1. The molecule has 0 aliphatic carbocycles. The minimum Gasteiger partial charge on any atom is -0.481 e. The van der Waals surface area contributed by atoms with Crippen LogP contribution in [0.5, 0.6) is 0 Å². The van der Waals surface area contributed by atoms with Crippen LogP contribution in [0.15, 0.2) is 12.5 Å². The molecule has 15 nitrogen and oxygen atoms in total. The van der Waals surface area contributed by atoms with Crippen LogP contribution in [0.3, 0.4) is 0 Å². The van der Waals surface area contributed by atoms with Crippen molar-refractivity contribution in [2.24, 2.45) is 11.7 Å². The first kappa shape index (κ1) is 30.0. The van der Waals surface area contributed by atoms with E-state index in [0.717, 1.165) is 0 Å². The van der Waals surface area contributed by atoms with Crippen molar-refractivity contribution in [3.05, 3.63) is 18.2 Å². The first-order valence-electron chi connectivity index (χ1n) is 11.1. The third-order valence-electron chi connectivity index (χ3n) is 5.13. The van der Waals surface area contributed by atoms with Crippen LogP contribution < -0.4 is 21.7 Å². The zero-order valence-electron chi connectivity index (χ0n) is 19.9. The van der Waals surface area contributed by atoms with E-state index in [2.05, 4.69) is 25.9 Å². The highest BCUT2D eigenvalue weighted by Gasteiger charge is 2.32. The van der Waals surface area contributed by atoms with Crippen molar-refractivity contribution in [1.29, 1.82) is 0 Å². The van der Waals surface area contributed by atoms with E-state index in [0.29, 0.717) is 5.69 Å². The molecule has 0 radical (unpaired) electrons. The molecule has 0 bridgehead atoms. The molecule has 0 aliphatic rings. The van der Waals surface area contributed by atoms with Crippen molar-refractivity contribution in [3.63, 3.8) is 0 Å². The summed E-state index contributed by atoms with van der Waals surface area (Å²) < 4.78 is 0. The number of carbonyl (C=O) groups is 6. The van der Waals surface area contributed by atoms with Crippen molar-refractivity contribution in [2.75, 3.05) is 0 Å². The number of hydrogen-bond donors (Lipinski definition) is 8. The van der Waals surface area contributed by atoms with Crippen LogP contribution in [0.25, 0.3) is 0 Å². The largest absolute Gasteiger partial charge is 0.481 e. The van der Waals surface area contributed by atoms with Gasteiger partial charge in [-0.25, -0.2) is 9.78 Å². The standard InChI is InChI=1S/C21H32N6O9/c1-10(2)17(21(35)36)27-19(33)13(4-6-16(30)31)25-20(34)14(7-11-8-23-9-24-11)26-18(32)12(22)3-5-15(28)29/h8-10,12-14,17H,3-7,22H2,1-2H3,(H,23,24)(H,25,34)(H,26,32)(H,27,33)(H,28,29)(H,30,31)(H,35,36). The lowest BCUT2D eigenvalue weighted by atomic mass is 10.0. The fourth-order valence-electron chi connectivity index (χ4n) is 3.09. The Labute approximate surface area is 206 Å². The number of nitrogens with zero attached hydrogens (tertiary/aromatic N) is 1. The smallest absolute Gasteiger partial charge is 0.326 e. The Balaban J connectivity index is 3.07. The molecule has 9 N–H and O–H groups in total. The molecular weight excluding hydrogens is 480 g/mol. The van der Waals surface area contributed by atoms with Gasteiger partial charge >= 0.3 is 17.9 Å². The Morgan fingerprint density at radius 3 is 1.94 bits per heavy atom. The molecule has 200 valence electrons. The molecule has 15 heteroatoms. The number of aliphatic carboxylic acids is 3. The predicted molar refractivity (Wildman–Crippen MR) is 122 cm³/mol. The van der Waals surface area contributed by atoms with Crippen molar-refractivity contribution in [2.45, 2.75) is 70.1 Å². The Bertz CT molecular complexity index is 934. The van der Waals surface area contributed by atoms with Crippen LogP contribution in [0, 0.1) is 5.92 Å². The molecule has 1 heterocycles. The molecule has 0 aromatic carbocycles. The molecule has 1 aromatic heterocycles. The van der Waals surface area contributed by atoms with Gasteiger partial charge in [0.25, 0.3) is 0 Å². The van der Waals surface area contributed by atoms with Crippen LogP contribution in [0.4, 0.5) is 0 Å². The summed E-state index contributed by atoms with van der Waals surface area (Å²) in [4.78, 5) is 78.2. The van der Waals surface area contributed by atoms with Gasteiger partial charge in [0.05, 0.1) is 12.4 Å². The van der Waals surface area contributed by atoms with Gasteiger partial charge in [-0.2, -0.15) is 0 Å². The second kappa shape index (κ2) is 14.4. The fourth-order valence-corrected chi connectivity index (χ4v) is 3.09. The highest BCUT2D eigenvalue weighted by Crippen LogP contribution is 2.07. The zero-order valence-corrected chi connectivity index (χ0v) is 19.9. The van der Waals surface area contributed by atoms with Crippen molar-refractivity contribution in [1.82, 2.24) is 25.9 Å². The lowest BCUT2D eigenvalue weighted by molar-refractivity contribution is -0.144. The Kier molecular flexibility index (Phi) is 12.0. The second-order valence-electron chi connectivity index (χ2n) is 8.44. The van der Waals surface area contributed by atoms with E-state index in [1.165, 1.54) is 12.5 Å². The van der Waals surface area contributed by atoms with E-state index in [-0.39, 0.29) is 25.7 Å². The predicted octanol–water partition coefficient (Wildman–Crippen LogP) is -1.80. The van der Waals surface area contributed by atoms with Gasteiger partial charge in [-0.05, 0) is 18.8 Å². The van der Waals surface area contributed by atoms with Crippen LogP contribution in [0.2, 0.25) is 0 Å². The van der Waals surface area contributed by atoms with E-state index >= 15 is 0 Å².